The van der Waals surface area contributed by atoms with E-state index in [9.17, 15) is 13.3 Å². The molecular weight excluding hydrogens is 507 g/mol. The van der Waals surface area contributed by atoms with Crippen molar-refractivity contribution >= 4 is 36.4 Å². The quantitative estimate of drug-likeness (QED) is 0.173. The summed E-state index contributed by atoms with van der Waals surface area (Å²) >= 11 is 5.75. The van der Waals surface area contributed by atoms with Crippen molar-refractivity contribution in [3.63, 3.8) is 0 Å². The molecule has 17 heteroatoms. The lowest BCUT2D eigenvalue weighted by molar-refractivity contribution is -0.132. The van der Waals surface area contributed by atoms with Gasteiger partial charge in [0.1, 0.15) is 41.8 Å². The number of halogens is 3. The van der Waals surface area contributed by atoms with E-state index >= 15 is 0 Å². The van der Waals surface area contributed by atoms with E-state index in [0.29, 0.717) is 17.0 Å². The molecule has 4 rings (SSSR count). The lowest BCUT2D eigenvalue weighted by atomic mass is 10.1. The number of nitrogens with one attached hydrogen (secondary N) is 2. The smallest absolute Gasteiger partial charge is 0.387 e. The van der Waals surface area contributed by atoms with Crippen molar-refractivity contribution in [1.29, 1.82) is 0 Å². The maximum Gasteiger partial charge on any atom is 0.469 e. The van der Waals surface area contributed by atoms with E-state index < -0.39 is 50.7 Å². The molecule has 0 amide bonds. The van der Waals surface area contributed by atoms with Crippen molar-refractivity contribution in [3.8, 4) is 0 Å². The minimum Gasteiger partial charge on any atom is -0.387 e. The maximum atomic E-state index is 13.6. The summed E-state index contributed by atoms with van der Waals surface area (Å²) in [5, 5.41) is 29.7. The summed E-state index contributed by atoms with van der Waals surface area (Å²) in [6.07, 6.45) is -2.87. The van der Waals surface area contributed by atoms with E-state index in [-0.39, 0.29) is 17.1 Å². The zero-order chi connectivity index (χ0) is 25.0. The highest BCUT2D eigenvalue weighted by Crippen LogP contribution is 2.37. The van der Waals surface area contributed by atoms with Crippen LogP contribution in [0.25, 0.3) is 11.2 Å². The van der Waals surface area contributed by atoms with E-state index in [1.165, 1.54) is 12.7 Å². The van der Waals surface area contributed by atoms with Crippen molar-refractivity contribution in [2.75, 3.05) is 11.9 Å². The minimum absolute atomic E-state index is 0.00639. The standard InChI is InChI=1S/C12H8ClF2N5.C5H11O8P/c13-9-6(7(14)1-2-8(9)15)3-16-11-10-12(18-4-17-10)20-5-19-11;6-3-2(1-12-14(9,10)11)13-5(8)4(3)7/h1-2,4-5H,3H2,(H2,16,17,18,19,20);2-8H,1H2,(H2,9,10,11)/t;2-,3-,4-,5?/m.1/s1. The number of hydrogen-bond donors (Lipinski definition) is 7. The first kappa shape index (κ1) is 26.3. The molecular formula is C17H19ClF2N5O8P. The van der Waals surface area contributed by atoms with Gasteiger partial charge in [-0.25, -0.2) is 28.3 Å². The highest BCUT2D eigenvalue weighted by Gasteiger charge is 2.42. The molecule has 3 heterocycles. The molecule has 1 saturated heterocycles. The molecule has 1 aliphatic rings. The number of aliphatic hydroxyl groups excluding tert-OH is 3. The minimum atomic E-state index is -4.64. The van der Waals surface area contributed by atoms with Gasteiger partial charge < -0.3 is 40.1 Å². The number of phosphoric ester groups is 1. The largest absolute Gasteiger partial charge is 0.469 e. The second kappa shape index (κ2) is 10.9. The van der Waals surface area contributed by atoms with Crippen molar-refractivity contribution < 1.29 is 47.7 Å². The molecule has 0 bridgehead atoms. The van der Waals surface area contributed by atoms with Crippen LogP contribution in [0.4, 0.5) is 14.6 Å². The van der Waals surface area contributed by atoms with E-state index in [2.05, 4.69) is 34.5 Å². The number of fused-ring (bicyclic) bond motifs is 1. The topological polar surface area (TPSA) is 203 Å². The fourth-order valence-corrected chi connectivity index (χ4v) is 3.40. The Balaban J connectivity index is 0.000000204. The molecule has 0 saturated carbocycles. The molecule has 1 fully saturated rings. The van der Waals surface area contributed by atoms with Gasteiger partial charge in [-0.05, 0) is 12.1 Å². The monoisotopic (exact) mass is 525 g/mol. The average Bonchev–Trinajstić information content (AvgIpc) is 3.36. The number of nitrogens with zero attached hydrogens (tertiary/aromatic N) is 3. The van der Waals surface area contributed by atoms with Gasteiger partial charge in [0.05, 0.1) is 18.0 Å². The molecule has 7 N–H and O–H groups in total. The zero-order valence-corrected chi connectivity index (χ0v) is 18.6. The number of aromatic nitrogens is 4. The molecule has 2 aromatic heterocycles. The highest BCUT2D eigenvalue weighted by molar-refractivity contribution is 7.46. The molecule has 1 unspecified atom stereocenters. The molecule has 0 radical (unpaired) electrons. The van der Waals surface area contributed by atoms with Crippen molar-refractivity contribution in [2.45, 2.75) is 31.1 Å². The first-order valence-electron chi connectivity index (χ1n) is 9.38. The predicted octanol–water partition coefficient (Wildman–Crippen LogP) is 0.431. The molecule has 34 heavy (non-hydrogen) atoms. The number of rotatable bonds is 6. The molecule has 13 nitrogen and oxygen atoms in total. The van der Waals surface area contributed by atoms with Crippen LogP contribution in [0.5, 0.6) is 0 Å². The molecule has 3 aromatic rings. The van der Waals surface area contributed by atoms with E-state index in [1.54, 1.807) is 0 Å². The first-order chi connectivity index (χ1) is 16.0. The Morgan fingerprint density at radius 2 is 1.85 bits per heavy atom. The number of benzene rings is 1. The van der Waals surface area contributed by atoms with Crippen LogP contribution < -0.4 is 5.32 Å². The summed E-state index contributed by atoms with van der Waals surface area (Å²) in [6.45, 7) is -0.618. The van der Waals surface area contributed by atoms with Crippen LogP contribution >= 0.6 is 19.4 Å². The average molecular weight is 526 g/mol. The number of aromatic amines is 1. The Bertz CT molecular complexity index is 1180. The molecule has 4 atom stereocenters. The van der Waals surface area contributed by atoms with Crippen molar-refractivity contribution in [3.05, 3.63) is 47.0 Å². The number of ether oxygens (including phenoxy) is 1. The Morgan fingerprint density at radius 1 is 1.15 bits per heavy atom. The normalized spacial score (nSPS) is 22.5. The van der Waals surface area contributed by atoms with Crippen LogP contribution in [-0.2, 0) is 20.4 Å². The van der Waals surface area contributed by atoms with Crippen LogP contribution in [-0.4, -0.2) is 76.3 Å². The predicted molar refractivity (Wildman–Crippen MR) is 111 cm³/mol. The summed E-state index contributed by atoms with van der Waals surface area (Å²) in [5.74, 6) is -0.815. The third kappa shape index (κ3) is 6.41. The van der Waals surface area contributed by atoms with Crippen LogP contribution in [0.3, 0.4) is 0 Å². The SMILES string of the molecule is Fc1ccc(F)c(CNc2ncnc3nc[nH]c23)c1Cl.O=P(O)(O)OC[C@H]1OC(O)[C@H](O)[C@@H]1O. The van der Waals surface area contributed by atoms with Crippen LogP contribution in [0.1, 0.15) is 5.56 Å². The number of H-pyrrole nitrogens is 1. The van der Waals surface area contributed by atoms with E-state index in [0.717, 1.165) is 12.1 Å². The van der Waals surface area contributed by atoms with Crippen molar-refractivity contribution in [1.82, 2.24) is 19.9 Å². The summed E-state index contributed by atoms with van der Waals surface area (Å²) in [6, 6.07) is 2.02. The number of phosphoric acid groups is 1. The summed E-state index contributed by atoms with van der Waals surface area (Å²) in [5.41, 5.74) is 1.10. The van der Waals surface area contributed by atoms with Gasteiger partial charge in [-0.2, -0.15) is 0 Å². The van der Waals surface area contributed by atoms with Gasteiger partial charge in [0.15, 0.2) is 17.8 Å². The van der Waals surface area contributed by atoms with Gasteiger partial charge in [-0.3, -0.25) is 4.52 Å². The summed E-state index contributed by atoms with van der Waals surface area (Å²) < 4.78 is 45.8. The van der Waals surface area contributed by atoms with Gasteiger partial charge in [-0.1, -0.05) is 11.6 Å². The maximum absolute atomic E-state index is 13.6. The first-order valence-corrected chi connectivity index (χ1v) is 11.3. The Hall–Kier alpha value is -2.33. The van der Waals surface area contributed by atoms with E-state index in [1.807, 2.05) is 0 Å². The molecule has 0 spiro atoms. The van der Waals surface area contributed by atoms with Crippen LogP contribution in [0.15, 0.2) is 24.8 Å². The highest BCUT2D eigenvalue weighted by atomic mass is 35.5. The number of hydrogen-bond acceptors (Lipinski definition) is 10. The van der Waals surface area contributed by atoms with Gasteiger partial charge >= 0.3 is 7.82 Å². The second-order valence-electron chi connectivity index (χ2n) is 6.83. The Kier molecular flexibility index (Phi) is 8.46. The Morgan fingerprint density at radius 3 is 2.50 bits per heavy atom. The van der Waals surface area contributed by atoms with Crippen LogP contribution in [0, 0.1) is 11.6 Å². The fraction of sp³-hybridized carbons (Fsp3) is 0.353. The van der Waals surface area contributed by atoms with E-state index in [4.69, 9.17) is 36.7 Å². The number of imidazole rings is 1. The Labute approximate surface area is 194 Å². The van der Waals surface area contributed by atoms with Gasteiger partial charge in [0, 0.05) is 12.1 Å². The lowest BCUT2D eigenvalue weighted by Crippen LogP contribution is -2.34. The lowest BCUT2D eigenvalue weighted by Gasteiger charge is -2.14. The summed E-state index contributed by atoms with van der Waals surface area (Å²) in [4.78, 5) is 31.5. The fourth-order valence-electron chi connectivity index (χ4n) is 2.84. The third-order valence-electron chi connectivity index (χ3n) is 4.54. The zero-order valence-electron chi connectivity index (χ0n) is 16.9. The second-order valence-corrected chi connectivity index (χ2v) is 8.45. The number of aliphatic hydroxyl groups is 3. The molecule has 0 aliphatic carbocycles. The van der Waals surface area contributed by atoms with Gasteiger partial charge in [-0.15, -0.1) is 0 Å². The van der Waals surface area contributed by atoms with Crippen molar-refractivity contribution in [2.24, 2.45) is 0 Å². The third-order valence-corrected chi connectivity index (χ3v) is 5.43. The van der Waals surface area contributed by atoms with Crippen LogP contribution in [0.2, 0.25) is 5.02 Å². The molecule has 186 valence electrons. The van der Waals surface area contributed by atoms with Gasteiger partial charge in [0.25, 0.3) is 0 Å². The number of anilines is 1. The van der Waals surface area contributed by atoms with Gasteiger partial charge in [0.2, 0.25) is 0 Å². The summed E-state index contributed by atoms with van der Waals surface area (Å²) in [7, 11) is -4.64. The molecule has 1 aromatic carbocycles. The molecule has 1 aliphatic heterocycles.